The summed E-state index contributed by atoms with van der Waals surface area (Å²) in [6, 6.07) is 0. The molecule has 0 heterocycles. The maximum atomic E-state index is 10.7. The molecule has 0 amide bonds. The van der Waals surface area contributed by atoms with Crippen LogP contribution in [0.1, 0.15) is 0 Å². The minimum Gasteiger partial charge on any atom is -0.412 e. The molecule has 0 aliphatic rings. The fourth-order valence-electron chi connectivity index (χ4n) is 0.429. The van der Waals surface area contributed by atoms with E-state index in [0.29, 0.717) is 0 Å². The zero-order valence-corrected chi connectivity index (χ0v) is 13.4. The maximum absolute atomic E-state index is 10.7. The number of hydrogen-bond acceptors (Lipinski definition) is 7. The molecule has 2 unspecified atom stereocenters. The van der Waals surface area contributed by atoms with Crippen molar-refractivity contribution >= 4 is 31.3 Å². The van der Waals surface area contributed by atoms with Gasteiger partial charge in [0.05, 0.1) is 0 Å². The van der Waals surface area contributed by atoms with Crippen molar-refractivity contribution < 1.29 is 87.9 Å². The average molecular weight is 428 g/mol. The molecule has 0 fully saturated rings. The smallest absolute Gasteiger partial charge is 0.412 e. The van der Waals surface area contributed by atoms with E-state index in [1.807, 2.05) is 0 Å². The Kier molecular flexibility index (Phi) is 20.5. The summed E-state index contributed by atoms with van der Waals surface area (Å²) in [6.07, 6.45) is 0. The van der Waals surface area contributed by atoms with Crippen LogP contribution >= 0.6 is 31.3 Å². The Morgan fingerprint density at radius 2 is 0.636 bits per heavy atom. The van der Waals surface area contributed by atoms with Gasteiger partial charge in [0.1, 0.15) is 0 Å². The lowest BCUT2D eigenvalue weighted by atomic mass is 15.7. The summed E-state index contributed by atoms with van der Waals surface area (Å²) < 4.78 is 50.9. The van der Waals surface area contributed by atoms with Crippen LogP contribution in [0, 0.1) is 0 Å². The van der Waals surface area contributed by atoms with Crippen molar-refractivity contribution in [3.63, 3.8) is 0 Å². The molecule has 0 aromatic carbocycles. The van der Waals surface area contributed by atoms with Crippen LogP contribution in [0.5, 0.6) is 0 Å². The first-order chi connectivity index (χ1) is 7.12. The molecule has 16 N–H and O–H groups in total. The quantitative estimate of drug-likeness (QED) is 0.217. The van der Waals surface area contributed by atoms with Crippen LogP contribution in [0.25, 0.3) is 0 Å². The monoisotopic (exact) mass is 428 g/mol. The van der Waals surface area contributed by atoms with Gasteiger partial charge in [0.15, 0.2) is 0 Å². The van der Waals surface area contributed by atoms with Crippen molar-refractivity contribution in [1.82, 2.24) is 0 Å². The fourth-order valence-corrected chi connectivity index (χ4v) is 4.40. The van der Waals surface area contributed by atoms with Crippen LogP contribution in [0.3, 0.4) is 0 Å². The Bertz CT molecular complexity index is 404. The van der Waals surface area contributed by atoms with Crippen LogP contribution in [-0.4, -0.2) is 56.7 Å². The van der Waals surface area contributed by atoms with Gasteiger partial charge in [-0.25, -0.2) is 18.3 Å². The molecule has 144 valence electrons. The average Bonchev–Trinajstić information content (AvgIpc) is 1.65. The Labute approximate surface area is 120 Å². The van der Waals surface area contributed by atoms with Crippen molar-refractivity contribution in [2.24, 2.45) is 0 Å². The summed E-state index contributed by atoms with van der Waals surface area (Å²) in [5.41, 5.74) is 0. The second-order valence-corrected chi connectivity index (χ2v) is 7.96. The zero-order chi connectivity index (χ0) is 14.1. The SMILES string of the molecule is O.O.O.O.O.O=P(O)(O)OP(=O)(O)OP(=O)(O)OP(=O)(O)O. The number of phosphoric acid groups is 4. The van der Waals surface area contributed by atoms with Gasteiger partial charge in [-0.15, -0.1) is 0 Å². The van der Waals surface area contributed by atoms with Gasteiger partial charge in [-0.3, -0.25) is 0 Å². The highest BCUT2D eigenvalue weighted by molar-refractivity contribution is 7.69. The second-order valence-electron chi connectivity index (χ2n) is 2.16. The van der Waals surface area contributed by atoms with E-state index in [9.17, 15) is 18.3 Å². The van der Waals surface area contributed by atoms with E-state index in [4.69, 9.17) is 29.4 Å². The highest BCUT2D eigenvalue weighted by atomic mass is 31.3. The van der Waals surface area contributed by atoms with Gasteiger partial charge < -0.3 is 56.7 Å². The minimum absolute atomic E-state index is 0. The van der Waals surface area contributed by atoms with Gasteiger partial charge in [0.2, 0.25) is 0 Å². The minimum atomic E-state index is -5.77. The van der Waals surface area contributed by atoms with Gasteiger partial charge in [-0.05, 0) is 0 Å². The summed E-state index contributed by atoms with van der Waals surface area (Å²) in [6.45, 7) is 0. The van der Waals surface area contributed by atoms with Gasteiger partial charge in [0, 0.05) is 0 Å². The van der Waals surface area contributed by atoms with E-state index in [1.165, 1.54) is 0 Å². The van der Waals surface area contributed by atoms with Crippen molar-refractivity contribution in [2.45, 2.75) is 0 Å². The van der Waals surface area contributed by atoms with Crippen molar-refractivity contribution in [2.75, 3.05) is 0 Å². The molecule has 0 saturated heterocycles. The molecule has 0 aliphatic heterocycles. The van der Waals surface area contributed by atoms with E-state index in [-0.39, 0.29) is 27.4 Å². The van der Waals surface area contributed by atoms with Gasteiger partial charge in [-0.2, -0.15) is 12.9 Å². The summed E-state index contributed by atoms with van der Waals surface area (Å²) in [5.74, 6) is 0. The molecule has 0 aromatic heterocycles. The molecule has 2 atom stereocenters. The molecular weight excluding hydrogens is 412 g/mol. The van der Waals surface area contributed by atoms with Crippen molar-refractivity contribution in [3.8, 4) is 0 Å². The van der Waals surface area contributed by atoms with Crippen molar-refractivity contribution in [3.05, 3.63) is 0 Å². The van der Waals surface area contributed by atoms with E-state index in [1.54, 1.807) is 0 Å². The number of rotatable bonds is 6. The molecule has 0 spiro atoms. The molecule has 0 saturated carbocycles. The van der Waals surface area contributed by atoms with Crippen LogP contribution < -0.4 is 0 Å². The molecule has 0 rings (SSSR count). The molecule has 0 bridgehead atoms. The topological polar surface area (TPSA) is 375 Å². The second kappa shape index (κ2) is 11.8. The number of hydrogen-bond donors (Lipinski definition) is 6. The van der Waals surface area contributed by atoms with Crippen molar-refractivity contribution in [1.29, 1.82) is 0 Å². The normalized spacial score (nSPS) is 15.9. The Morgan fingerprint density at radius 1 is 0.455 bits per heavy atom. The molecule has 0 radical (unpaired) electrons. The van der Waals surface area contributed by atoms with E-state index in [0.717, 1.165) is 0 Å². The first kappa shape index (κ1) is 38.1. The first-order valence-electron chi connectivity index (χ1n) is 3.03. The van der Waals surface area contributed by atoms with E-state index in [2.05, 4.69) is 12.9 Å². The molecule has 22 heavy (non-hydrogen) atoms. The van der Waals surface area contributed by atoms with E-state index >= 15 is 0 Å². The highest BCUT2D eigenvalue weighted by Crippen LogP contribution is 2.69. The van der Waals surface area contributed by atoms with Crippen LogP contribution in [0.15, 0.2) is 0 Å². The Hall–Kier alpha value is 0.360. The lowest BCUT2D eigenvalue weighted by molar-refractivity contribution is 0.194. The Balaban J connectivity index is -0.000000128. The fraction of sp³-hybridized carbons (Fsp3) is 0. The van der Waals surface area contributed by atoms with E-state index < -0.39 is 31.3 Å². The first-order valence-corrected chi connectivity index (χ1v) is 9.08. The van der Waals surface area contributed by atoms with Crippen LogP contribution in [-0.2, 0) is 31.2 Å². The standard InChI is InChI=1S/H6O13P4.5H2O/c1-14(2,3)11-16(7,8)13-17(9,10)12-15(4,5)6;;;;;/h(H,7,8)(H,9,10)(H2,1,2,3)(H2,4,5,6);5*1H2. The molecule has 22 heteroatoms. The lowest BCUT2D eigenvalue weighted by Crippen LogP contribution is -1.95. The third-order valence-corrected chi connectivity index (χ3v) is 5.63. The zero-order valence-electron chi connectivity index (χ0n) is 9.83. The van der Waals surface area contributed by atoms with Gasteiger partial charge in [0.25, 0.3) is 0 Å². The molecular formula is H16O18P4. The lowest BCUT2D eigenvalue weighted by Gasteiger charge is -2.15. The third kappa shape index (κ3) is 22.6. The summed E-state index contributed by atoms with van der Waals surface area (Å²) in [5, 5.41) is 0. The largest absolute Gasteiger partial charge is 0.490 e. The highest BCUT2D eigenvalue weighted by Gasteiger charge is 2.43. The van der Waals surface area contributed by atoms with Crippen LogP contribution in [0.2, 0.25) is 0 Å². The molecule has 0 aromatic rings. The van der Waals surface area contributed by atoms with Gasteiger partial charge in [-0.1, -0.05) is 0 Å². The summed E-state index contributed by atoms with van der Waals surface area (Å²) in [7, 11) is -22.6. The predicted octanol–water partition coefficient (Wildman–Crippen LogP) is -4.70. The maximum Gasteiger partial charge on any atom is 0.490 e. The molecule has 0 aliphatic carbocycles. The van der Waals surface area contributed by atoms with Crippen LogP contribution in [0.4, 0.5) is 0 Å². The Morgan fingerprint density at radius 3 is 0.773 bits per heavy atom. The van der Waals surface area contributed by atoms with Gasteiger partial charge >= 0.3 is 31.3 Å². The summed E-state index contributed by atoms with van der Waals surface area (Å²) >= 11 is 0. The predicted molar refractivity (Wildman–Crippen MR) is 65.1 cm³/mol. The third-order valence-electron chi connectivity index (χ3n) is 0.625. The summed E-state index contributed by atoms with van der Waals surface area (Å²) in [4.78, 5) is 49.4. The molecule has 18 nitrogen and oxygen atoms in total.